The van der Waals surface area contributed by atoms with Gasteiger partial charge >= 0.3 is 0 Å². The van der Waals surface area contributed by atoms with Crippen molar-refractivity contribution in [2.75, 3.05) is 11.9 Å². The van der Waals surface area contributed by atoms with Gasteiger partial charge in [0.1, 0.15) is 28.6 Å². The molecule has 27 heavy (non-hydrogen) atoms. The van der Waals surface area contributed by atoms with Gasteiger partial charge in [-0.15, -0.1) is 0 Å². The zero-order valence-electron chi connectivity index (χ0n) is 13.9. The topological polar surface area (TPSA) is 59.9 Å². The summed E-state index contributed by atoms with van der Waals surface area (Å²) in [5, 5.41) is 3.39. The van der Waals surface area contributed by atoms with Crippen LogP contribution in [0.1, 0.15) is 17.7 Å². The molecule has 2 aromatic heterocycles. The second-order valence-electron chi connectivity index (χ2n) is 5.46. The molecule has 3 rings (SSSR count). The fourth-order valence-corrected chi connectivity index (χ4v) is 2.64. The Hall–Kier alpha value is -2.51. The summed E-state index contributed by atoms with van der Waals surface area (Å²) in [5.41, 5.74) is 0.456. The summed E-state index contributed by atoms with van der Waals surface area (Å²) in [6, 6.07) is 10.6. The van der Waals surface area contributed by atoms with Gasteiger partial charge in [0, 0.05) is 23.8 Å². The van der Waals surface area contributed by atoms with Crippen LogP contribution in [0.2, 0.25) is 10.0 Å². The summed E-state index contributed by atoms with van der Waals surface area (Å²) in [6.07, 6.45) is 0.519. The first-order valence-corrected chi connectivity index (χ1v) is 8.69. The minimum absolute atomic E-state index is 0.172. The first kappa shape index (κ1) is 19.3. The summed E-state index contributed by atoms with van der Waals surface area (Å²) in [5.74, 6) is 1.23. The van der Waals surface area contributed by atoms with Crippen LogP contribution in [0.5, 0.6) is 11.6 Å². The molecule has 0 saturated carbocycles. The molecule has 0 fully saturated rings. The number of benzene rings is 1. The van der Waals surface area contributed by atoms with Crippen molar-refractivity contribution in [1.82, 2.24) is 15.0 Å². The first-order chi connectivity index (χ1) is 13.0. The summed E-state index contributed by atoms with van der Waals surface area (Å²) in [6.45, 7) is 0.434. The van der Waals surface area contributed by atoms with Gasteiger partial charge in [-0.25, -0.2) is 23.7 Å². The van der Waals surface area contributed by atoms with Crippen LogP contribution in [0.3, 0.4) is 0 Å². The average molecular weight is 411 g/mol. The van der Waals surface area contributed by atoms with E-state index in [1.54, 1.807) is 36.5 Å². The van der Waals surface area contributed by atoms with Crippen molar-refractivity contribution in [3.8, 4) is 11.6 Å². The van der Waals surface area contributed by atoms with Crippen molar-refractivity contribution in [2.24, 2.45) is 0 Å². The number of hydrogen-bond acceptors (Lipinski definition) is 5. The van der Waals surface area contributed by atoms with Crippen molar-refractivity contribution in [3.63, 3.8) is 0 Å². The predicted molar refractivity (Wildman–Crippen MR) is 100.0 cm³/mol. The lowest BCUT2D eigenvalue weighted by Crippen LogP contribution is -2.08. The molecule has 140 valence electrons. The van der Waals surface area contributed by atoms with Crippen molar-refractivity contribution in [2.45, 2.75) is 12.8 Å². The largest absolute Gasteiger partial charge is 0.439 e. The van der Waals surface area contributed by atoms with Crippen molar-refractivity contribution in [3.05, 3.63) is 70.2 Å². The van der Waals surface area contributed by atoms with E-state index in [2.05, 4.69) is 20.3 Å². The van der Waals surface area contributed by atoms with E-state index in [4.69, 9.17) is 27.9 Å². The highest BCUT2D eigenvalue weighted by Gasteiger charge is 2.17. The van der Waals surface area contributed by atoms with E-state index >= 15 is 0 Å². The van der Waals surface area contributed by atoms with E-state index in [9.17, 15) is 8.78 Å². The van der Waals surface area contributed by atoms with Gasteiger partial charge in [-0.1, -0.05) is 23.2 Å². The third kappa shape index (κ3) is 5.24. The molecule has 0 aliphatic rings. The van der Waals surface area contributed by atoms with E-state index in [0.717, 1.165) is 11.9 Å². The molecule has 0 aliphatic carbocycles. The van der Waals surface area contributed by atoms with Crippen molar-refractivity contribution >= 4 is 29.0 Å². The third-order valence-electron chi connectivity index (χ3n) is 3.56. The lowest BCUT2D eigenvalue weighted by atomic mass is 10.2. The second kappa shape index (κ2) is 8.92. The molecule has 2 heterocycles. The number of nitrogens with zero attached hydrogens (tertiary/aromatic N) is 3. The molecule has 3 aromatic rings. The molecule has 0 spiro atoms. The van der Waals surface area contributed by atoms with E-state index in [-0.39, 0.29) is 10.8 Å². The maximum atomic E-state index is 12.8. The molecule has 0 radical (unpaired) electrons. The van der Waals surface area contributed by atoms with Crippen LogP contribution < -0.4 is 10.1 Å². The fraction of sp³-hybridized carbons (Fsp3) is 0.167. The highest BCUT2D eigenvalue weighted by atomic mass is 35.5. The maximum absolute atomic E-state index is 12.8. The van der Waals surface area contributed by atoms with E-state index in [0.29, 0.717) is 29.6 Å². The van der Waals surface area contributed by atoms with Crippen LogP contribution in [0.15, 0.2) is 48.9 Å². The quantitative estimate of drug-likeness (QED) is 0.552. The lowest BCUT2D eigenvalue weighted by Gasteiger charge is -2.10. The monoisotopic (exact) mass is 410 g/mol. The number of hydrogen-bond donors (Lipinski definition) is 1. The number of nitrogens with one attached hydrogen (secondary N) is 1. The maximum Gasteiger partial charge on any atom is 0.282 e. The smallest absolute Gasteiger partial charge is 0.282 e. The molecule has 0 aliphatic heterocycles. The molecule has 9 heteroatoms. The highest BCUT2D eigenvalue weighted by molar-refractivity contribution is 6.33. The molecular weight excluding hydrogens is 397 g/mol. The standard InChI is InChI=1S/C18H14Cl2F2N4O/c19-12-1-3-13(4-2-12)27-14-9-11(5-7-23-14)6-8-24-18-15(20)16(17(21)22)25-10-26-18/h1-5,7,9-10,17H,6,8H2,(H,24,25,26). The van der Waals surface area contributed by atoms with Gasteiger partial charge in [0.2, 0.25) is 5.88 Å². The number of halogens is 4. The minimum Gasteiger partial charge on any atom is -0.439 e. The van der Waals surface area contributed by atoms with E-state index in [1.165, 1.54) is 0 Å². The van der Waals surface area contributed by atoms with Gasteiger partial charge in [0.25, 0.3) is 6.43 Å². The number of pyridine rings is 1. The zero-order valence-corrected chi connectivity index (χ0v) is 15.4. The average Bonchev–Trinajstić information content (AvgIpc) is 2.65. The van der Waals surface area contributed by atoms with E-state index in [1.807, 2.05) is 6.07 Å². The molecule has 1 N–H and O–H groups in total. The van der Waals surface area contributed by atoms with Crippen LogP contribution in [0.4, 0.5) is 14.6 Å². The van der Waals surface area contributed by atoms with Gasteiger partial charge in [0.15, 0.2) is 0 Å². The number of ether oxygens (including phenoxy) is 1. The molecule has 0 atom stereocenters. The van der Waals surface area contributed by atoms with Crippen LogP contribution in [0.25, 0.3) is 0 Å². The Kier molecular flexibility index (Phi) is 6.36. The number of alkyl halides is 2. The Labute approximate surface area is 164 Å². The summed E-state index contributed by atoms with van der Waals surface area (Å²) < 4.78 is 31.3. The van der Waals surface area contributed by atoms with Crippen LogP contribution >= 0.6 is 23.2 Å². The number of rotatable bonds is 7. The van der Waals surface area contributed by atoms with Crippen molar-refractivity contribution in [1.29, 1.82) is 0 Å². The molecule has 5 nitrogen and oxygen atoms in total. The van der Waals surface area contributed by atoms with Gasteiger partial charge < -0.3 is 10.1 Å². The first-order valence-electron chi connectivity index (χ1n) is 7.93. The molecule has 0 amide bonds. The van der Waals surface area contributed by atoms with Crippen LogP contribution in [0, 0.1) is 0 Å². The third-order valence-corrected chi connectivity index (χ3v) is 4.19. The number of anilines is 1. The molecular formula is C18H14Cl2F2N4O. The number of aromatic nitrogens is 3. The van der Waals surface area contributed by atoms with E-state index < -0.39 is 12.1 Å². The normalized spacial score (nSPS) is 10.9. The highest BCUT2D eigenvalue weighted by Crippen LogP contribution is 2.29. The Morgan fingerprint density at radius 1 is 1.04 bits per heavy atom. The second-order valence-corrected chi connectivity index (χ2v) is 6.27. The van der Waals surface area contributed by atoms with Crippen LogP contribution in [-0.4, -0.2) is 21.5 Å². The summed E-state index contributed by atoms with van der Waals surface area (Å²) in [7, 11) is 0. The fourth-order valence-electron chi connectivity index (χ4n) is 2.27. The van der Waals surface area contributed by atoms with Gasteiger partial charge in [0.05, 0.1) is 0 Å². The van der Waals surface area contributed by atoms with Crippen LogP contribution in [-0.2, 0) is 6.42 Å². The zero-order chi connectivity index (χ0) is 19.2. The minimum atomic E-state index is -2.76. The Bertz CT molecular complexity index is 910. The van der Waals surface area contributed by atoms with Gasteiger partial charge in [-0.2, -0.15) is 0 Å². The lowest BCUT2D eigenvalue weighted by molar-refractivity contribution is 0.146. The Balaban J connectivity index is 1.60. The predicted octanol–water partition coefficient (Wildman–Crippen LogP) is 5.56. The Morgan fingerprint density at radius 3 is 2.56 bits per heavy atom. The van der Waals surface area contributed by atoms with Gasteiger partial charge in [-0.3, -0.25) is 0 Å². The SMILES string of the molecule is FC(F)c1ncnc(NCCc2ccnc(Oc3ccc(Cl)cc3)c2)c1Cl. The molecule has 1 aromatic carbocycles. The summed E-state index contributed by atoms with van der Waals surface area (Å²) in [4.78, 5) is 11.6. The molecule has 0 saturated heterocycles. The summed E-state index contributed by atoms with van der Waals surface area (Å²) >= 11 is 11.8. The Morgan fingerprint density at radius 2 is 1.81 bits per heavy atom. The van der Waals surface area contributed by atoms with Crippen molar-refractivity contribution < 1.29 is 13.5 Å². The van der Waals surface area contributed by atoms with Gasteiger partial charge in [-0.05, 0) is 42.3 Å². The molecule has 0 bridgehead atoms. The molecule has 0 unspecified atom stereocenters.